The molecule has 1 aliphatic rings. The van der Waals surface area contributed by atoms with E-state index in [2.05, 4.69) is 15.7 Å². The molecule has 1 aromatic heterocycles. The zero-order valence-electron chi connectivity index (χ0n) is 11.6. The van der Waals surface area contributed by atoms with E-state index in [-0.39, 0.29) is 5.69 Å². The van der Waals surface area contributed by atoms with E-state index in [9.17, 15) is 10.1 Å². The third-order valence-corrected chi connectivity index (χ3v) is 4.65. The third kappa shape index (κ3) is 3.39. The van der Waals surface area contributed by atoms with Crippen molar-refractivity contribution < 1.29 is 4.92 Å². The summed E-state index contributed by atoms with van der Waals surface area (Å²) in [5.74, 6) is 0.599. The van der Waals surface area contributed by atoms with Gasteiger partial charge in [-0.3, -0.25) is 10.1 Å². The van der Waals surface area contributed by atoms with Crippen LogP contribution in [0.25, 0.3) is 0 Å². The summed E-state index contributed by atoms with van der Waals surface area (Å²) >= 11 is 1.59. The van der Waals surface area contributed by atoms with Crippen molar-refractivity contribution >= 4 is 27.8 Å². The van der Waals surface area contributed by atoms with Gasteiger partial charge in [-0.25, -0.2) is 4.98 Å². The van der Waals surface area contributed by atoms with Gasteiger partial charge in [0.15, 0.2) is 5.13 Å². The smallest absolute Gasteiger partial charge is 0.269 e. The summed E-state index contributed by atoms with van der Waals surface area (Å²) in [6.45, 7) is 0. The summed E-state index contributed by atoms with van der Waals surface area (Å²) in [4.78, 5) is 14.9. The molecule has 1 N–H and O–H groups in total. The monoisotopic (exact) mass is 303 g/mol. The topological polar surface area (TPSA) is 68.1 Å². The minimum Gasteiger partial charge on any atom is -0.332 e. The predicted octanol–water partition coefficient (Wildman–Crippen LogP) is 4.84. The molecule has 0 amide bonds. The summed E-state index contributed by atoms with van der Waals surface area (Å²) in [6, 6.07) is 6.41. The van der Waals surface area contributed by atoms with Crippen molar-refractivity contribution in [2.24, 2.45) is 0 Å². The molecule has 1 aliphatic carbocycles. The lowest BCUT2D eigenvalue weighted by molar-refractivity contribution is -0.384. The molecule has 0 spiro atoms. The van der Waals surface area contributed by atoms with Crippen LogP contribution in [0.5, 0.6) is 0 Å². The molecule has 0 atom stereocenters. The lowest BCUT2D eigenvalue weighted by Crippen LogP contribution is -2.04. The Morgan fingerprint density at radius 1 is 1.19 bits per heavy atom. The largest absolute Gasteiger partial charge is 0.332 e. The van der Waals surface area contributed by atoms with Crippen molar-refractivity contribution in [1.29, 1.82) is 0 Å². The number of anilines is 2. The second-order valence-corrected chi connectivity index (χ2v) is 6.20. The number of non-ortho nitro benzene ring substituents is 1. The molecule has 1 aromatic carbocycles. The molecule has 3 rings (SSSR count). The minimum atomic E-state index is -0.394. The fourth-order valence-electron chi connectivity index (χ4n) is 2.72. The molecule has 6 heteroatoms. The maximum absolute atomic E-state index is 10.6. The number of nitrogens with one attached hydrogen (secondary N) is 1. The number of nitrogens with zero attached hydrogens (tertiary/aromatic N) is 2. The van der Waals surface area contributed by atoms with Gasteiger partial charge >= 0.3 is 0 Å². The number of hydrogen-bond acceptors (Lipinski definition) is 5. The molecule has 0 saturated heterocycles. The van der Waals surface area contributed by atoms with Gasteiger partial charge in [-0.1, -0.05) is 19.3 Å². The van der Waals surface area contributed by atoms with Gasteiger partial charge in [-0.2, -0.15) is 0 Å². The van der Waals surface area contributed by atoms with Crippen molar-refractivity contribution in [1.82, 2.24) is 4.98 Å². The van der Waals surface area contributed by atoms with E-state index in [1.54, 1.807) is 23.5 Å². The van der Waals surface area contributed by atoms with E-state index >= 15 is 0 Å². The number of rotatable bonds is 4. The molecular weight excluding hydrogens is 286 g/mol. The van der Waals surface area contributed by atoms with Crippen LogP contribution in [0.15, 0.2) is 29.6 Å². The van der Waals surface area contributed by atoms with Gasteiger partial charge in [0.25, 0.3) is 5.69 Å². The van der Waals surface area contributed by atoms with E-state index in [1.807, 2.05) is 0 Å². The molecule has 1 fully saturated rings. The Balaban J connectivity index is 1.67. The molecule has 0 aliphatic heterocycles. The second kappa shape index (κ2) is 6.22. The molecule has 0 unspecified atom stereocenters. The second-order valence-electron chi connectivity index (χ2n) is 5.34. The van der Waals surface area contributed by atoms with Gasteiger partial charge in [-0.05, 0) is 25.0 Å². The summed E-state index contributed by atoms with van der Waals surface area (Å²) < 4.78 is 0. The van der Waals surface area contributed by atoms with E-state index in [4.69, 9.17) is 0 Å². The molecular formula is C15H17N3O2S. The molecule has 0 radical (unpaired) electrons. The lowest BCUT2D eigenvalue weighted by Gasteiger charge is -2.19. The van der Waals surface area contributed by atoms with Gasteiger partial charge in [0.1, 0.15) is 0 Å². The molecule has 110 valence electrons. The number of aromatic nitrogens is 1. The summed E-state index contributed by atoms with van der Waals surface area (Å²) in [7, 11) is 0. The third-order valence-electron chi connectivity index (χ3n) is 3.87. The molecule has 1 heterocycles. The first kappa shape index (κ1) is 14.0. The molecule has 1 saturated carbocycles. The first-order chi connectivity index (χ1) is 10.2. The average molecular weight is 303 g/mol. The minimum absolute atomic E-state index is 0.0996. The predicted molar refractivity (Wildman–Crippen MR) is 84.3 cm³/mol. The highest BCUT2D eigenvalue weighted by Crippen LogP contribution is 2.34. The van der Waals surface area contributed by atoms with E-state index < -0.39 is 4.92 Å². The van der Waals surface area contributed by atoms with Gasteiger partial charge in [-0.15, -0.1) is 11.3 Å². The van der Waals surface area contributed by atoms with Crippen LogP contribution < -0.4 is 5.32 Å². The van der Waals surface area contributed by atoms with E-state index in [1.165, 1.54) is 49.9 Å². The normalized spacial score (nSPS) is 15.8. The standard InChI is InChI=1S/C15H17N3O2S/c19-18(20)13-8-6-12(7-9-13)16-15-17-14(10-21-15)11-4-2-1-3-5-11/h6-11H,1-5H2,(H,16,17). The van der Waals surface area contributed by atoms with Crippen LogP contribution in [0.1, 0.15) is 43.7 Å². The van der Waals surface area contributed by atoms with Crippen LogP contribution >= 0.6 is 11.3 Å². The highest BCUT2D eigenvalue weighted by atomic mass is 32.1. The molecule has 5 nitrogen and oxygen atoms in total. The number of thiazole rings is 1. The Morgan fingerprint density at radius 2 is 1.90 bits per heavy atom. The van der Waals surface area contributed by atoms with Crippen LogP contribution in [0.4, 0.5) is 16.5 Å². The van der Waals surface area contributed by atoms with Crippen LogP contribution in [0.3, 0.4) is 0 Å². The van der Waals surface area contributed by atoms with E-state index in [0.29, 0.717) is 5.92 Å². The first-order valence-corrected chi connectivity index (χ1v) is 8.07. The Bertz CT molecular complexity index is 618. The van der Waals surface area contributed by atoms with Gasteiger partial charge in [0.05, 0.1) is 10.6 Å². The fraction of sp³-hybridized carbons (Fsp3) is 0.400. The van der Waals surface area contributed by atoms with Crippen LogP contribution in [-0.2, 0) is 0 Å². The van der Waals surface area contributed by atoms with Crippen LogP contribution in [-0.4, -0.2) is 9.91 Å². The highest BCUT2D eigenvalue weighted by molar-refractivity contribution is 7.13. The highest BCUT2D eigenvalue weighted by Gasteiger charge is 2.18. The zero-order chi connectivity index (χ0) is 14.7. The Morgan fingerprint density at radius 3 is 2.57 bits per heavy atom. The van der Waals surface area contributed by atoms with E-state index in [0.717, 1.165) is 10.8 Å². The Labute approximate surface area is 127 Å². The maximum atomic E-state index is 10.6. The molecule has 21 heavy (non-hydrogen) atoms. The summed E-state index contributed by atoms with van der Waals surface area (Å²) in [5.41, 5.74) is 2.11. The lowest BCUT2D eigenvalue weighted by atomic mass is 9.87. The SMILES string of the molecule is O=[N+]([O-])c1ccc(Nc2nc(C3CCCCC3)cs2)cc1. The number of hydrogen-bond donors (Lipinski definition) is 1. The molecule has 0 bridgehead atoms. The first-order valence-electron chi connectivity index (χ1n) is 7.19. The molecule has 2 aromatic rings. The zero-order valence-corrected chi connectivity index (χ0v) is 12.4. The number of benzene rings is 1. The van der Waals surface area contributed by atoms with Gasteiger partial charge in [0.2, 0.25) is 0 Å². The fourth-order valence-corrected chi connectivity index (χ4v) is 3.53. The van der Waals surface area contributed by atoms with Crippen molar-refractivity contribution in [3.63, 3.8) is 0 Å². The maximum Gasteiger partial charge on any atom is 0.269 e. The van der Waals surface area contributed by atoms with Crippen molar-refractivity contribution in [3.8, 4) is 0 Å². The number of nitro benzene ring substituents is 1. The van der Waals surface area contributed by atoms with Crippen LogP contribution in [0, 0.1) is 10.1 Å². The Kier molecular flexibility index (Phi) is 4.15. The summed E-state index contributed by atoms with van der Waals surface area (Å²) in [6.07, 6.45) is 6.41. The average Bonchev–Trinajstić information content (AvgIpc) is 2.97. The van der Waals surface area contributed by atoms with Crippen LogP contribution in [0.2, 0.25) is 0 Å². The Hall–Kier alpha value is -1.95. The van der Waals surface area contributed by atoms with Crippen molar-refractivity contribution in [2.45, 2.75) is 38.0 Å². The number of nitro groups is 1. The van der Waals surface area contributed by atoms with Crippen molar-refractivity contribution in [3.05, 3.63) is 45.5 Å². The van der Waals surface area contributed by atoms with Crippen molar-refractivity contribution in [2.75, 3.05) is 5.32 Å². The quantitative estimate of drug-likeness (QED) is 0.648. The van der Waals surface area contributed by atoms with Gasteiger partial charge < -0.3 is 5.32 Å². The van der Waals surface area contributed by atoms with Gasteiger partial charge in [0, 0.05) is 29.1 Å². The summed E-state index contributed by atoms with van der Waals surface area (Å²) in [5, 5.41) is 16.8.